The van der Waals surface area contributed by atoms with Gasteiger partial charge in [0.15, 0.2) is 5.13 Å². The molecule has 3 nitrogen and oxygen atoms in total. The number of rotatable bonds is 5. The number of hydrogen-bond donors (Lipinski definition) is 1. The summed E-state index contributed by atoms with van der Waals surface area (Å²) in [7, 11) is 0. The van der Waals surface area contributed by atoms with Gasteiger partial charge in [0.25, 0.3) is 0 Å². The van der Waals surface area contributed by atoms with Crippen LogP contribution < -0.4 is 5.32 Å². The molecule has 3 aromatic rings. The van der Waals surface area contributed by atoms with Crippen LogP contribution >= 0.6 is 22.7 Å². The predicted molar refractivity (Wildman–Crippen MR) is 93.5 cm³/mol. The minimum absolute atomic E-state index is 0.00318. The molecule has 0 saturated carbocycles. The lowest BCUT2D eigenvalue weighted by molar-refractivity contribution is -0.116. The molecule has 1 atom stereocenters. The molecule has 3 rings (SSSR count). The van der Waals surface area contributed by atoms with Crippen LogP contribution in [-0.2, 0) is 4.79 Å². The Kier molecular flexibility index (Phi) is 4.65. The molecule has 2 aromatic heterocycles. The van der Waals surface area contributed by atoms with Crippen molar-refractivity contribution < 1.29 is 4.79 Å². The number of thiophene rings is 1. The van der Waals surface area contributed by atoms with Crippen LogP contribution in [0.1, 0.15) is 24.8 Å². The molecular formula is C17H16N2OS2. The predicted octanol–water partition coefficient (Wildman–Crippen LogP) is 5.00. The number of carbonyl (C=O) groups excluding carboxylic acids is 1. The molecule has 0 unspecified atom stereocenters. The van der Waals surface area contributed by atoms with E-state index in [9.17, 15) is 4.79 Å². The van der Waals surface area contributed by atoms with Gasteiger partial charge in [-0.25, -0.2) is 4.98 Å². The van der Waals surface area contributed by atoms with Gasteiger partial charge in [0, 0.05) is 11.8 Å². The van der Waals surface area contributed by atoms with E-state index >= 15 is 0 Å². The summed E-state index contributed by atoms with van der Waals surface area (Å²) in [5.74, 6) is 0.196. The fraction of sp³-hybridized carbons (Fsp3) is 0.176. The third-order valence-electron chi connectivity index (χ3n) is 3.38. The van der Waals surface area contributed by atoms with Gasteiger partial charge in [-0.1, -0.05) is 43.3 Å². The highest BCUT2D eigenvalue weighted by atomic mass is 32.1. The first-order chi connectivity index (χ1) is 10.7. The van der Waals surface area contributed by atoms with Crippen LogP contribution in [0.25, 0.3) is 10.6 Å². The van der Waals surface area contributed by atoms with E-state index in [-0.39, 0.29) is 11.8 Å². The maximum absolute atomic E-state index is 12.2. The number of anilines is 1. The maximum atomic E-state index is 12.2. The number of thiazole rings is 1. The second-order valence-electron chi connectivity index (χ2n) is 5.08. The van der Waals surface area contributed by atoms with Crippen molar-refractivity contribution in [1.29, 1.82) is 0 Å². The molecule has 0 bridgehead atoms. The highest BCUT2D eigenvalue weighted by molar-refractivity contribution is 7.16. The van der Waals surface area contributed by atoms with Gasteiger partial charge in [-0.3, -0.25) is 4.79 Å². The quantitative estimate of drug-likeness (QED) is 0.716. The zero-order valence-electron chi connectivity index (χ0n) is 12.2. The monoisotopic (exact) mass is 328 g/mol. The van der Waals surface area contributed by atoms with Gasteiger partial charge in [0.05, 0.1) is 10.6 Å². The van der Waals surface area contributed by atoms with Crippen LogP contribution in [0, 0.1) is 0 Å². The second kappa shape index (κ2) is 6.85. The van der Waals surface area contributed by atoms with Crippen molar-refractivity contribution in [2.24, 2.45) is 0 Å². The highest BCUT2D eigenvalue weighted by Crippen LogP contribution is 2.28. The number of amides is 1. The number of nitrogens with zero attached hydrogens (tertiary/aromatic N) is 1. The summed E-state index contributed by atoms with van der Waals surface area (Å²) in [6.45, 7) is 2.06. The van der Waals surface area contributed by atoms with Crippen LogP contribution in [0.3, 0.4) is 0 Å². The van der Waals surface area contributed by atoms with E-state index < -0.39 is 0 Å². The van der Waals surface area contributed by atoms with E-state index in [1.165, 1.54) is 16.9 Å². The lowest BCUT2D eigenvalue weighted by Crippen LogP contribution is -2.14. The summed E-state index contributed by atoms with van der Waals surface area (Å²) < 4.78 is 0. The molecule has 0 fully saturated rings. The third kappa shape index (κ3) is 3.61. The van der Waals surface area contributed by atoms with Crippen molar-refractivity contribution in [3.05, 3.63) is 58.8 Å². The Morgan fingerprint density at radius 2 is 2.00 bits per heavy atom. The van der Waals surface area contributed by atoms with E-state index in [2.05, 4.69) is 29.4 Å². The van der Waals surface area contributed by atoms with Crippen LogP contribution in [-0.4, -0.2) is 10.9 Å². The molecular weight excluding hydrogens is 312 g/mol. The first-order valence-corrected chi connectivity index (χ1v) is 8.82. The van der Waals surface area contributed by atoms with Crippen molar-refractivity contribution in [3.8, 4) is 10.6 Å². The Bertz CT molecular complexity index is 735. The Labute approximate surface area is 137 Å². The van der Waals surface area contributed by atoms with E-state index in [0.29, 0.717) is 11.6 Å². The first kappa shape index (κ1) is 14.9. The average molecular weight is 328 g/mol. The topological polar surface area (TPSA) is 42.0 Å². The normalized spacial score (nSPS) is 12.0. The number of nitrogens with one attached hydrogen (secondary N) is 1. The molecule has 112 valence electrons. The van der Waals surface area contributed by atoms with E-state index in [1.54, 1.807) is 11.3 Å². The average Bonchev–Trinajstić information content (AvgIpc) is 3.19. The molecule has 1 aromatic carbocycles. The lowest BCUT2D eigenvalue weighted by Gasteiger charge is -2.10. The number of carbonyl (C=O) groups is 1. The van der Waals surface area contributed by atoms with Crippen LogP contribution in [0.2, 0.25) is 0 Å². The van der Waals surface area contributed by atoms with Gasteiger partial charge in [-0.15, -0.1) is 22.7 Å². The Balaban J connectivity index is 1.60. The Morgan fingerprint density at radius 1 is 1.18 bits per heavy atom. The third-order valence-corrected chi connectivity index (χ3v) is 5.03. The fourth-order valence-corrected chi connectivity index (χ4v) is 3.70. The Hall–Kier alpha value is -1.98. The SMILES string of the molecule is C[C@@H](CC(=O)Nc1nc(-c2cccs2)cs1)c1ccccc1. The van der Waals surface area contributed by atoms with Gasteiger partial charge in [0.1, 0.15) is 0 Å². The molecule has 0 saturated heterocycles. The molecule has 0 aliphatic rings. The van der Waals surface area contributed by atoms with Gasteiger partial charge < -0.3 is 5.32 Å². The van der Waals surface area contributed by atoms with Crippen molar-refractivity contribution >= 4 is 33.7 Å². The Morgan fingerprint density at radius 3 is 2.73 bits per heavy atom. The van der Waals surface area contributed by atoms with E-state index in [1.807, 2.05) is 41.1 Å². The standard InChI is InChI=1S/C17H16N2OS2/c1-12(13-6-3-2-4-7-13)10-16(20)19-17-18-14(11-22-17)15-8-5-9-21-15/h2-9,11-12H,10H2,1H3,(H,18,19,20)/t12-/m0/s1. The van der Waals surface area contributed by atoms with Gasteiger partial charge in [-0.05, 0) is 22.9 Å². The fourth-order valence-electron chi connectivity index (χ4n) is 2.22. The molecule has 0 spiro atoms. The summed E-state index contributed by atoms with van der Waals surface area (Å²) in [6, 6.07) is 14.1. The smallest absolute Gasteiger partial charge is 0.226 e. The highest BCUT2D eigenvalue weighted by Gasteiger charge is 2.13. The molecule has 0 aliphatic heterocycles. The largest absolute Gasteiger partial charge is 0.302 e. The zero-order chi connectivity index (χ0) is 15.4. The van der Waals surface area contributed by atoms with Gasteiger partial charge >= 0.3 is 0 Å². The number of benzene rings is 1. The number of aromatic nitrogens is 1. The molecule has 0 radical (unpaired) electrons. The summed E-state index contributed by atoms with van der Waals surface area (Å²) in [5.41, 5.74) is 2.10. The van der Waals surface area contributed by atoms with Gasteiger partial charge in [-0.2, -0.15) is 0 Å². The minimum atomic E-state index is 0.00318. The van der Waals surface area contributed by atoms with Crippen molar-refractivity contribution in [1.82, 2.24) is 4.98 Å². The summed E-state index contributed by atoms with van der Waals surface area (Å²) in [6.07, 6.45) is 0.456. The summed E-state index contributed by atoms with van der Waals surface area (Å²) >= 11 is 3.11. The second-order valence-corrected chi connectivity index (χ2v) is 6.89. The maximum Gasteiger partial charge on any atom is 0.226 e. The van der Waals surface area contributed by atoms with Crippen molar-refractivity contribution in [3.63, 3.8) is 0 Å². The van der Waals surface area contributed by atoms with Gasteiger partial charge in [0.2, 0.25) is 5.91 Å². The molecule has 1 N–H and O–H groups in total. The molecule has 1 amide bonds. The lowest BCUT2D eigenvalue weighted by atomic mass is 9.98. The van der Waals surface area contributed by atoms with Crippen molar-refractivity contribution in [2.45, 2.75) is 19.3 Å². The summed E-state index contributed by atoms with van der Waals surface area (Å²) in [5, 5.41) is 7.56. The van der Waals surface area contributed by atoms with Crippen molar-refractivity contribution in [2.75, 3.05) is 5.32 Å². The van der Waals surface area contributed by atoms with Crippen LogP contribution in [0.15, 0.2) is 53.2 Å². The van der Waals surface area contributed by atoms with E-state index in [4.69, 9.17) is 0 Å². The summed E-state index contributed by atoms with van der Waals surface area (Å²) in [4.78, 5) is 17.7. The minimum Gasteiger partial charge on any atom is -0.302 e. The van der Waals surface area contributed by atoms with E-state index in [0.717, 1.165) is 10.6 Å². The van der Waals surface area contributed by atoms with Crippen LogP contribution in [0.4, 0.5) is 5.13 Å². The number of hydrogen-bond acceptors (Lipinski definition) is 4. The molecule has 5 heteroatoms. The molecule has 22 heavy (non-hydrogen) atoms. The molecule has 0 aliphatic carbocycles. The first-order valence-electron chi connectivity index (χ1n) is 7.06. The van der Waals surface area contributed by atoms with Crippen LogP contribution in [0.5, 0.6) is 0 Å². The zero-order valence-corrected chi connectivity index (χ0v) is 13.8. The molecule has 2 heterocycles.